The number of nitrogens with one attached hydrogen (secondary N) is 2. The van der Waals surface area contributed by atoms with Gasteiger partial charge in [0.15, 0.2) is 5.69 Å². The molecule has 0 atom stereocenters. The first kappa shape index (κ1) is 13.2. The molecule has 0 aliphatic carbocycles. The van der Waals surface area contributed by atoms with Gasteiger partial charge in [-0.2, -0.15) is 0 Å². The second-order valence-corrected chi connectivity index (χ2v) is 4.14. The number of rotatable bonds is 5. The fourth-order valence-electron chi connectivity index (χ4n) is 1.11. The summed E-state index contributed by atoms with van der Waals surface area (Å²) in [4.78, 5) is 29.0. The number of aromatic nitrogens is 2. The number of hydrogen-bond acceptors (Lipinski definition) is 4. The molecule has 17 heavy (non-hydrogen) atoms. The molecular formula is C10H16N4O3. The molecule has 7 nitrogen and oxygen atoms in total. The van der Waals surface area contributed by atoms with E-state index >= 15 is 0 Å². The van der Waals surface area contributed by atoms with Crippen LogP contribution >= 0.6 is 0 Å². The Balaban J connectivity index is 2.71. The lowest BCUT2D eigenvalue weighted by Crippen LogP contribution is -2.40. The molecule has 0 unspecified atom stereocenters. The summed E-state index contributed by atoms with van der Waals surface area (Å²) in [6.07, 6.45) is 1.25. The molecule has 1 aromatic heterocycles. The number of methoxy groups -OCH3 is 1. The fraction of sp³-hybridized carbons (Fsp3) is 0.500. The molecule has 1 aromatic rings. The maximum atomic E-state index is 11.7. The first-order valence-corrected chi connectivity index (χ1v) is 5.04. The second kappa shape index (κ2) is 4.96. The number of nitrogens with zero attached hydrogens (tertiary/aromatic N) is 1. The molecule has 0 spiro atoms. The van der Waals surface area contributed by atoms with Crippen LogP contribution in [-0.2, 0) is 4.74 Å². The number of H-pyrrole nitrogens is 1. The lowest BCUT2D eigenvalue weighted by molar-refractivity contribution is 0.0228. The van der Waals surface area contributed by atoms with Crippen molar-refractivity contribution in [3.8, 4) is 0 Å². The minimum absolute atomic E-state index is 0.0596. The monoisotopic (exact) mass is 240 g/mol. The third-order valence-corrected chi connectivity index (χ3v) is 2.33. The molecule has 7 heteroatoms. The number of imidazole rings is 1. The van der Waals surface area contributed by atoms with Crippen molar-refractivity contribution in [2.45, 2.75) is 19.4 Å². The predicted octanol–water partition coefficient (Wildman–Crippen LogP) is -0.337. The van der Waals surface area contributed by atoms with Crippen molar-refractivity contribution >= 4 is 11.8 Å². The Morgan fingerprint density at radius 3 is 2.76 bits per heavy atom. The van der Waals surface area contributed by atoms with E-state index in [-0.39, 0.29) is 11.4 Å². The van der Waals surface area contributed by atoms with E-state index in [1.165, 1.54) is 6.33 Å². The minimum atomic E-state index is -0.748. The van der Waals surface area contributed by atoms with E-state index in [2.05, 4.69) is 15.3 Å². The van der Waals surface area contributed by atoms with E-state index < -0.39 is 17.4 Å². The van der Waals surface area contributed by atoms with Gasteiger partial charge < -0.3 is 20.8 Å². The fourth-order valence-corrected chi connectivity index (χ4v) is 1.11. The number of aromatic amines is 1. The Labute approximate surface area is 98.7 Å². The van der Waals surface area contributed by atoms with Crippen LogP contribution in [0.5, 0.6) is 0 Å². The van der Waals surface area contributed by atoms with Gasteiger partial charge in [-0.3, -0.25) is 9.59 Å². The molecule has 4 N–H and O–H groups in total. The second-order valence-electron chi connectivity index (χ2n) is 4.14. The van der Waals surface area contributed by atoms with Gasteiger partial charge in [0.25, 0.3) is 11.8 Å². The van der Waals surface area contributed by atoms with Crippen molar-refractivity contribution < 1.29 is 14.3 Å². The van der Waals surface area contributed by atoms with E-state index in [0.717, 1.165) is 0 Å². The smallest absolute Gasteiger partial charge is 0.270 e. The van der Waals surface area contributed by atoms with Crippen molar-refractivity contribution in [3.05, 3.63) is 17.7 Å². The first-order chi connectivity index (χ1) is 7.87. The summed E-state index contributed by atoms with van der Waals surface area (Å²) < 4.78 is 5.15. The third kappa shape index (κ3) is 3.28. The van der Waals surface area contributed by atoms with E-state index in [4.69, 9.17) is 10.5 Å². The molecular weight excluding hydrogens is 224 g/mol. The Morgan fingerprint density at radius 1 is 1.59 bits per heavy atom. The Bertz CT molecular complexity index is 425. The van der Waals surface area contributed by atoms with Crippen LogP contribution in [0.2, 0.25) is 0 Å². The highest BCUT2D eigenvalue weighted by Crippen LogP contribution is 2.06. The summed E-state index contributed by atoms with van der Waals surface area (Å²) in [5, 5.41) is 2.63. The molecule has 94 valence electrons. The zero-order chi connectivity index (χ0) is 13.1. The topological polar surface area (TPSA) is 110 Å². The van der Waals surface area contributed by atoms with E-state index in [9.17, 15) is 9.59 Å². The van der Waals surface area contributed by atoms with Gasteiger partial charge in [-0.05, 0) is 13.8 Å². The molecule has 2 amide bonds. The van der Waals surface area contributed by atoms with Crippen molar-refractivity contribution in [1.29, 1.82) is 0 Å². The van der Waals surface area contributed by atoms with Gasteiger partial charge in [-0.15, -0.1) is 0 Å². The molecule has 0 saturated heterocycles. The number of carbonyl (C=O) groups excluding carboxylic acids is 2. The molecule has 0 fully saturated rings. The van der Waals surface area contributed by atoms with Crippen LogP contribution in [0.4, 0.5) is 0 Å². The number of ether oxygens (including phenoxy) is 1. The number of carbonyl (C=O) groups is 2. The predicted molar refractivity (Wildman–Crippen MR) is 60.5 cm³/mol. The average Bonchev–Trinajstić information content (AvgIpc) is 2.75. The molecule has 0 saturated carbocycles. The zero-order valence-electron chi connectivity index (χ0n) is 10.0. The van der Waals surface area contributed by atoms with Gasteiger partial charge in [0.2, 0.25) is 0 Å². The highest BCUT2D eigenvalue weighted by molar-refractivity contribution is 6.04. The molecule has 0 aliphatic rings. The van der Waals surface area contributed by atoms with Crippen molar-refractivity contribution in [2.24, 2.45) is 5.73 Å². The summed E-state index contributed by atoms with van der Waals surface area (Å²) in [6, 6.07) is 0. The quantitative estimate of drug-likeness (QED) is 0.654. The zero-order valence-corrected chi connectivity index (χ0v) is 10.0. The average molecular weight is 240 g/mol. The SMILES string of the molecule is COC(C)(C)CNC(=O)c1[nH]cnc1C(N)=O. The summed E-state index contributed by atoms with van der Waals surface area (Å²) >= 11 is 0. The van der Waals surface area contributed by atoms with Crippen LogP contribution in [0.25, 0.3) is 0 Å². The van der Waals surface area contributed by atoms with Crippen LogP contribution in [-0.4, -0.2) is 41.0 Å². The van der Waals surface area contributed by atoms with Gasteiger partial charge >= 0.3 is 0 Å². The lowest BCUT2D eigenvalue weighted by Gasteiger charge is -2.22. The highest BCUT2D eigenvalue weighted by Gasteiger charge is 2.21. The molecule has 1 heterocycles. The Kier molecular flexibility index (Phi) is 3.84. The Hall–Kier alpha value is -1.89. The van der Waals surface area contributed by atoms with Gasteiger partial charge in [0.05, 0.1) is 11.9 Å². The van der Waals surface area contributed by atoms with Crippen LogP contribution in [0.15, 0.2) is 6.33 Å². The highest BCUT2D eigenvalue weighted by atomic mass is 16.5. The summed E-state index contributed by atoms with van der Waals surface area (Å²) in [5.74, 6) is -1.19. The van der Waals surface area contributed by atoms with Crippen LogP contribution in [0, 0.1) is 0 Å². The van der Waals surface area contributed by atoms with Crippen LogP contribution < -0.4 is 11.1 Å². The van der Waals surface area contributed by atoms with E-state index in [1.54, 1.807) is 7.11 Å². The molecule has 1 rings (SSSR count). The lowest BCUT2D eigenvalue weighted by atomic mass is 10.1. The molecule has 0 radical (unpaired) electrons. The van der Waals surface area contributed by atoms with E-state index in [0.29, 0.717) is 6.54 Å². The normalized spacial score (nSPS) is 11.2. The Morgan fingerprint density at radius 2 is 2.24 bits per heavy atom. The first-order valence-electron chi connectivity index (χ1n) is 5.04. The van der Waals surface area contributed by atoms with Crippen LogP contribution in [0.3, 0.4) is 0 Å². The maximum absolute atomic E-state index is 11.7. The molecule has 0 bridgehead atoms. The third-order valence-electron chi connectivity index (χ3n) is 2.33. The van der Waals surface area contributed by atoms with Gasteiger partial charge in [0.1, 0.15) is 5.69 Å². The van der Waals surface area contributed by atoms with Crippen molar-refractivity contribution in [3.63, 3.8) is 0 Å². The number of hydrogen-bond donors (Lipinski definition) is 3. The maximum Gasteiger partial charge on any atom is 0.270 e. The van der Waals surface area contributed by atoms with Gasteiger partial charge in [-0.25, -0.2) is 4.98 Å². The number of primary amides is 1. The standard InChI is InChI=1S/C10H16N4O3/c1-10(2,17-3)4-12-9(16)7-6(8(11)15)13-5-14-7/h5H,4H2,1-3H3,(H2,11,15)(H,12,16)(H,13,14). The number of nitrogens with two attached hydrogens (primary N) is 1. The van der Waals surface area contributed by atoms with E-state index in [1.807, 2.05) is 13.8 Å². The summed E-state index contributed by atoms with van der Waals surface area (Å²) in [6.45, 7) is 3.96. The van der Waals surface area contributed by atoms with Gasteiger partial charge in [0, 0.05) is 13.7 Å². The van der Waals surface area contributed by atoms with Crippen molar-refractivity contribution in [2.75, 3.05) is 13.7 Å². The molecule has 0 aromatic carbocycles. The molecule has 0 aliphatic heterocycles. The van der Waals surface area contributed by atoms with Crippen LogP contribution in [0.1, 0.15) is 34.8 Å². The minimum Gasteiger partial charge on any atom is -0.377 e. The summed E-state index contributed by atoms with van der Waals surface area (Å²) in [7, 11) is 1.55. The largest absolute Gasteiger partial charge is 0.377 e. The summed E-state index contributed by atoms with van der Waals surface area (Å²) in [5.41, 5.74) is 4.58. The van der Waals surface area contributed by atoms with Crippen molar-refractivity contribution in [1.82, 2.24) is 15.3 Å². The number of amides is 2. The van der Waals surface area contributed by atoms with Gasteiger partial charge in [-0.1, -0.05) is 0 Å².